The second-order valence-electron chi connectivity index (χ2n) is 6.29. The van der Waals surface area contributed by atoms with Crippen LogP contribution in [-0.4, -0.2) is 24.5 Å². The van der Waals surface area contributed by atoms with Crippen molar-refractivity contribution in [2.75, 3.05) is 13.6 Å². The van der Waals surface area contributed by atoms with E-state index in [1.54, 1.807) is 0 Å². The van der Waals surface area contributed by atoms with E-state index in [0.29, 0.717) is 0 Å². The molecule has 3 heteroatoms. The van der Waals surface area contributed by atoms with Gasteiger partial charge in [0.25, 0.3) is 0 Å². The Balaban J connectivity index is 1.82. The van der Waals surface area contributed by atoms with Gasteiger partial charge < -0.3 is 5.32 Å². The lowest BCUT2D eigenvalue weighted by Gasteiger charge is -2.36. The Hall–Kier alpha value is -0.380. The Kier molecular flexibility index (Phi) is 6.53. The summed E-state index contributed by atoms with van der Waals surface area (Å²) >= 11 is 1.97. The van der Waals surface area contributed by atoms with Gasteiger partial charge in [-0.3, -0.25) is 4.90 Å². The maximum Gasteiger partial charge on any atom is 0.0328 e. The quantitative estimate of drug-likeness (QED) is 0.756. The summed E-state index contributed by atoms with van der Waals surface area (Å²) in [7, 11) is 2.31. The molecule has 1 aliphatic rings. The van der Waals surface area contributed by atoms with Crippen LogP contribution in [0.1, 0.15) is 55.7 Å². The average molecular weight is 295 g/mol. The van der Waals surface area contributed by atoms with Gasteiger partial charge in [0, 0.05) is 28.9 Å². The third-order valence-corrected chi connectivity index (χ3v) is 5.55. The van der Waals surface area contributed by atoms with Gasteiger partial charge in [-0.15, -0.1) is 11.3 Å². The summed E-state index contributed by atoms with van der Waals surface area (Å²) in [6.45, 7) is 7.91. The fraction of sp³-hybridized carbons (Fsp3) is 0.765. The van der Waals surface area contributed by atoms with Crippen LogP contribution < -0.4 is 5.32 Å². The third-order valence-electron chi connectivity index (χ3n) is 4.48. The van der Waals surface area contributed by atoms with Gasteiger partial charge in [0.05, 0.1) is 0 Å². The first kappa shape index (κ1) is 16.0. The van der Waals surface area contributed by atoms with Crippen molar-refractivity contribution >= 4 is 11.3 Å². The molecule has 0 bridgehead atoms. The first-order valence-electron chi connectivity index (χ1n) is 8.19. The lowest BCUT2D eigenvalue weighted by atomic mass is 9.85. The SMILES string of the molecule is CCCNCc1ccc(CN(C)C2CCCCC2C)s1. The highest BCUT2D eigenvalue weighted by molar-refractivity contribution is 7.11. The molecular formula is C17H30N2S. The van der Waals surface area contributed by atoms with Crippen molar-refractivity contribution in [1.29, 1.82) is 0 Å². The van der Waals surface area contributed by atoms with Gasteiger partial charge in [0.1, 0.15) is 0 Å². The molecule has 2 rings (SSSR count). The summed E-state index contributed by atoms with van der Waals surface area (Å²) in [6.07, 6.45) is 6.84. The Morgan fingerprint density at radius 3 is 2.75 bits per heavy atom. The van der Waals surface area contributed by atoms with Crippen LogP contribution >= 0.6 is 11.3 Å². The number of rotatable bonds is 7. The van der Waals surface area contributed by atoms with E-state index >= 15 is 0 Å². The van der Waals surface area contributed by atoms with Crippen LogP contribution in [0.5, 0.6) is 0 Å². The first-order chi connectivity index (χ1) is 9.70. The molecule has 0 radical (unpaired) electrons. The van der Waals surface area contributed by atoms with Crippen LogP contribution in [-0.2, 0) is 13.1 Å². The number of hydrogen-bond acceptors (Lipinski definition) is 3. The maximum absolute atomic E-state index is 3.49. The highest BCUT2D eigenvalue weighted by Gasteiger charge is 2.24. The largest absolute Gasteiger partial charge is 0.312 e. The van der Waals surface area contributed by atoms with E-state index in [1.807, 2.05) is 11.3 Å². The molecule has 114 valence electrons. The molecular weight excluding hydrogens is 264 g/mol. The van der Waals surface area contributed by atoms with Gasteiger partial charge in [0.15, 0.2) is 0 Å². The van der Waals surface area contributed by atoms with E-state index in [-0.39, 0.29) is 0 Å². The lowest BCUT2D eigenvalue weighted by Crippen LogP contribution is -2.38. The van der Waals surface area contributed by atoms with Gasteiger partial charge in [0.2, 0.25) is 0 Å². The number of nitrogens with one attached hydrogen (secondary N) is 1. The molecule has 0 aromatic carbocycles. The molecule has 1 N–H and O–H groups in total. The monoisotopic (exact) mass is 294 g/mol. The van der Waals surface area contributed by atoms with Crippen molar-refractivity contribution in [2.24, 2.45) is 5.92 Å². The van der Waals surface area contributed by atoms with Crippen molar-refractivity contribution in [3.05, 3.63) is 21.9 Å². The predicted octanol–water partition coefficient (Wildman–Crippen LogP) is 4.26. The molecule has 1 aliphatic carbocycles. The highest BCUT2D eigenvalue weighted by Crippen LogP contribution is 2.29. The molecule has 0 amide bonds. The lowest BCUT2D eigenvalue weighted by molar-refractivity contribution is 0.134. The molecule has 2 nitrogen and oxygen atoms in total. The fourth-order valence-corrected chi connectivity index (χ4v) is 4.36. The van der Waals surface area contributed by atoms with Gasteiger partial charge in [-0.1, -0.05) is 26.7 Å². The van der Waals surface area contributed by atoms with E-state index < -0.39 is 0 Å². The Labute approximate surface area is 128 Å². The molecule has 2 unspecified atom stereocenters. The Morgan fingerprint density at radius 1 is 1.25 bits per heavy atom. The second kappa shape index (κ2) is 8.16. The standard InChI is InChI=1S/C17H30N2S/c1-4-11-18-12-15-9-10-16(20-15)13-19(3)17-8-6-5-7-14(17)2/h9-10,14,17-18H,4-8,11-13H2,1-3H3. The summed E-state index contributed by atoms with van der Waals surface area (Å²) in [6, 6.07) is 5.39. The van der Waals surface area contributed by atoms with E-state index in [4.69, 9.17) is 0 Å². The zero-order chi connectivity index (χ0) is 14.4. The van der Waals surface area contributed by atoms with Crippen LogP contribution in [0.4, 0.5) is 0 Å². The van der Waals surface area contributed by atoms with Crippen molar-refractivity contribution in [1.82, 2.24) is 10.2 Å². The van der Waals surface area contributed by atoms with Crippen molar-refractivity contribution in [3.63, 3.8) is 0 Å². The minimum absolute atomic E-state index is 0.785. The van der Waals surface area contributed by atoms with Crippen molar-refractivity contribution in [2.45, 2.75) is 65.1 Å². The van der Waals surface area contributed by atoms with E-state index in [9.17, 15) is 0 Å². The fourth-order valence-electron chi connectivity index (χ4n) is 3.31. The first-order valence-corrected chi connectivity index (χ1v) is 9.01. The molecule has 0 spiro atoms. The minimum atomic E-state index is 0.785. The van der Waals surface area contributed by atoms with Crippen LogP contribution in [0.2, 0.25) is 0 Å². The smallest absolute Gasteiger partial charge is 0.0328 e. The maximum atomic E-state index is 3.49. The molecule has 0 saturated heterocycles. The molecule has 1 aromatic heterocycles. The predicted molar refractivity (Wildman–Crippen MR) is 89.2 cm³/mol. The molecule has 1 aromatic rings. The third kappa shape index (κ3) is 4.57. The summed E-state index contributed by atoms with van der Waals surface area (Å²) in [4.78, 5) is 5.57. The van der Waals surface area contributed by atoms with Gasteiger partial charge >= 0.3 is 0 Å². The topological polar surface area (TPSA) is 15.3 Å². The van der Waals surface area contributed by atoms with Gasteiger partial charge in [-0.05, 0) is 50.9 Å². The van der Waals surface area contributed by atoms with E-state index in [2.05, 4.69) is 43.2 Å². The van der Waals surface area contributed by atoms with Crippen LogP contribution in [0.15, 0.2) is 12.1 Å². The number of hydrogen-bond donors (Lipinski definition) is 1. The number of nitrogens with zero attached hydrogens (tertiary/aromatic N) is 1. The summed E-state index contributed by atoms with van der Waals surface area (Å²) in [5.41, 5.74) is 0. The Bertz CT molecular complexity index is 388. The zero-order valence-corrected chi connectivity index (χ0v) is 14.1. The van der Waals surface area contributed by atoms with E-state index in [1.165, 1.54) is 41.9 Å². The van der Waals surface area contributed by atoms with Gasteiger partial charge in [-0.25, -0.2) is 0 Å². The highest BCUT2D eigenvalue weighted by atomic mass is 32.1. The summed E-state index contributed by atoms with van der Waals surface area (Å²) < 4.78 is 0. The average Bonchev–Trinajstić information content (AvgIpc) is 2.87. The summed E-state index contributed by atoms with van der Waals surface area (Å²) in [5.74, 6) is 0.861. The molecule has 20 heavy (non-hydrogen) atoms. The van der Waals surface area contributed by atoms with Crippen LogP contribution in [0.3, 0.4) is 0 Å². The number of thiophene rings is 1. The second-order valence-corrected chi connectivity index (χ2v) is 7.54. The molecule has 2 atom stereocenters. The van der Waals surface area contributed by atoms with Gasteiger partial charge in [-0.2, -0.15) is 0 Å². The summed E-state index contributed by atoms with van der Waals surface area (Å²) in [5, 5.41) is 3.49. The molecule has 1 fully saturated rings. The van der Waals surface area contributed by atoms with Crippen molar-refractivity contribution < 1.29 is 0 Å². The van der Waals surface area contributed by atoms with Crippen LogP contribution in [0, 0.1) is 5.92 Å². The van der Waals surface area contributed by atoms with E-state index in [0.717, 1.165) is 31.6 Å². The van der Waals surface area contributed by atoms with Crippen molar-refractivity contribution in [3.8, 4) is 0 Å². The minimum Gasteiger partial charge on any atom is -0.312 e. The molecule has 1 heterocycles. The normalized spacial score (nSPS) is 23.4. The van der Waals surface area contributed by atoms with Crippen LogP contribution in [0.25, 0.3) is 0 Å². The molecule has 1 saturated carbocycles. The molecule has 0 aliphatic heterocycles. The Morgan fingerprint density at radius 2 is 2.00 bits per heavy atom. The zero-order valence-electron chi connectivity index (χ0n) is 13.3.